The van der Waals surface area contributed by atoms with Gasteiger partial charge in [-0.2, -0.15) is 0 Å². The fourth-order valence-corrected chi connectivity index (χ4v) is 3.69. The highest BCUT2D eigenvalue weighted by Gasteiger charge is 2.36. The van der Waals surface area contributed by atoms with Gasteiger partial charge in [0.05, 0.1) is 0 Å². The van der Waals surface area contributed by atoms with Gasteiger partial charge in [0.2, 0.25) is 0 Å². The van der Waals surface area contributed by atoms with Crippen LogP contribution in [0.2, 0.25) is 0 Å². The van der Waals surface area contributed by atoms with Gasteiger partial charge in [-0.3, -0.25) is 0 Å². The molecule has 110 valence electrons. The molecule has 0 heterocycles. The van der Waals surface area contributed by atoms with Crippen molar-refractivity contribution >= 4 is 0 Å². The fourth-order valence-electron chi connectivity index (χ4n) is 3.69. The van der Waals surface area contributed by atoms with Gasteiger partial charge in [-0.05, 0) is 75.2 Å². The molecule has 0 aromatic rings. The number of nitrogens with one attached hydrogen (secondary N) is 1. The summed E-state index contributed by atoms with van der Waals surface area (Å²) in [5, 5.41) is 3.75. The monoisotopic (exact) mass is 263 g/mol. The Kier molecular flexibility index (Phi) is 4.76. The molecular weight excluding hydrogens is 230 g/mol. The van der Waals surface area contributed by atoms with Crippen molar-refractivity contribution in [1.29, 1.82) is 0 Å². The van der Waals surface area contributed by atoms with Crippen LogP contribution in [0.25, 0.3) is 0 Å². The molecule has 2 aliphatic rings. The second-order valence-electron chi connectivity index (χ2n) is 8.24. The molecule has 0 radical (unpaired) electrons. The Hall–Kier alpha value is -0.300. The minimum Gasteiger partial charge on any atom is -0.314 e. The molecule has 0 spiro atoms. The lowest BCUT2D eigenvalue weighted by molar-refractivity contribution is 0.0970. The van der Waals surface area contributed by atoms with Crippen LogP contribution in [0.4, 0.5) is 0 Å². The van der Waals surface area contributed by atoms with E-state index < -0.39 is 0 Å². The van der Waals surface area contributed by atoms with Crippen LogP contribution in [-0.4, -0.2) is 12.6 Å². The SMILES string of the molecule is C=C(C)CC1CC(C(C)(C)C)CCC1CNC1CC1. The maximum Gasteiger partial charge on any atom is 0.00683 e. The van der Waals surface area contributed by atoms with Gasteiger partial charge in [-0.1, -0.05) is 26.3 Å². The minimum atomic E-state index is 0.474. The maximum absolute atomic E-state index is 4.16. The molecule has 2 rings (SSSR count). The van der Waals surface area contributed by atoms with Gasteiger partial charge < -0.3 is 5.32 Å². The van der Waals surface area contributed by atoms with E-state index in [9.17, 15) is 0 Å². The number of hydrogen-bond donors (Lipinski definition) is 1. The van der Waals surface area contributed by atoms with Crippen LogP contribution in [0.15, 0.2) is 12.2 Å². The topological polar surface area (TPSA) is 12.0 Å². The summed E-state index contributed by atoms with van der Waals surface area (Å²) in [5.74, 6) is 2.65. The van der Waals surface area contributed by atoms with Crippen LogP contribution in [-0.2, 0) is 0 Å². The zero-order valence-corrected chi connectivity index (χ0v) is 13.5. The molecule has 3 atom stereocenters. The first kappa shape index (κ1) is 15.1. The average Bonchev–Trinajstić information content (AvgIpc) is 3.09. The first-order valence-electron chi connectivity index (χ1n) is 8.24. The maximum atomic E-state index is 4.16. The van der Waals surface area contributed by atoms with E-state index in [1.54, 1.807) is 0 Å². The average molecular weight is 263 g/mol. The summed E-state index contributed by atoms with van der Waals surface area (Å²) < 4.78 is 0. The van der Waals surface area contributed by atoms with Gasteiger partial charge >= 0.3 is 0 Å². The lowest BCUT2D eigenvalue weighted by Crippen LogP contribution is -2.37. The van der Waals surface area contributed by atoms with E-state index in [4.69, 9.17) is 0 Å². The van der Waals surface area contributed by atoms with Gasteiger partial charge in [-0.25, -0.2) is 0 Å². The quantitative estimate of drug-likeness (QED) is 0.704. The first-order valence-corrected chi connectivity index (χ1v) is 8.24. The molecule has 0 aromatic heterocycles. The zero-order valence-electron chi connectivity index (χ0n) is 13.5. The molecule has 0 bridgehead atoms. The molecule has 3 unspecified atom stereocenters. The van der Waals surface area contributed by atoms with Crippen LogP contribution >= 0.6 is 0 Å². The van der Waals surface area contributed by atoms with Crippen molar-refractivity contribution in [2.45, 2.75) is 72.3 Å². The Morgan fingerprint density at radius 2 is 1.79 bits per heavy atom. The van der Waals surface area contributed by atoms with Crippen molar-refractivity contribution in [3.05, 3.63) is 12.2 Å². The van der Waals surface area contributed by atoms with Crippen LogP contribution in [0.3, 0.4) is 0 Å². The minimum absolute atomic E-state index is 0.474. The second-order valence-corrected chi connectivity index (χ2v) is 8.24. The summed E-state index contributed by atoms with van der Waals surface area (Å²) in [6, 6.07) is 0.853. The molecule has 19 heavy (non-hydrogen) atoms. The summed E-state index contributed by atoms with van der Waals surface area (Å²) in [6.07, 6.45) is 8.30. The molecule has 2 fully saturated rings. The molecule has 1 N–H and O–H groups in total. The third kappa shape index (κ3) is 4.63. The molecule has 0 aromatic carbocycles. The molecular formula is C18H33N. The second kappa shape index (κ2) is 5.99. The van der Waals surface area contributed by atoms with Gasteiger partial charge in [0.1, 0.15) is 0 Å². The van der Waals surface area contributed by atoms with Crippen LogP contribution in [0.5, 0.6) is 0 Å². The van der Waals surface area contributed by atoms with E-state index in [-0.39, 0.29) is 0 Å². The highest BCUT2D eigenvalue weighted by molar-refractivity contribution is 4.96. The summed E-state index contributed by atoms with van der Waals surface area (Å²) in [6.45, 7) is 14.9. The Morgan fingerprint density at radius 3 is 2.32 bits per heavy atom. The summed E-state index contributed by atoms with van der Waals surface area (Å²) in [5.41, 5.74) is 1.85. The lowest BCUT2D eigenvalue weighted by Gasteiger charge is -2.42. The summed E-state index contributed by atoms with van der Waals surface area (Å²) in [4.78, 5) is 0. The molecule has 0 saturated heterocycles. The standard InChI is InChI=1S/C18H33N/c1-13(2)10-15-11-16(18(3,4)5)7-6-14(15)12-19-17-8-9-17/h14-17,19H,1,6-12H2,2-5H3. The van der Waals surface area contributed by atoms with E-state index in [1.165, 1.54) is 50.6 Å². The number of hydrogen-bond acceptors (Lipinski definition) is 1. The smallest absolute Gasteiger partial charge is 0.00683 e. The van der Waals surface area contributed by atoms with Crippen LogP contribution < -0.4 is 5.32 Å². The van der Waals surface area contributed by atoms with E-state index in [0.717, 1.165) is 23.8 Å². The van der Waals surface area contributed by atoms with E-state index in [2.05, 4.69) is 39.6 Å². The molecule has 0 aliphatic heterocycles. The van der Waals surface area contributed by atoms with Crippen LogP contribution in [0.1, 0.15) is 66.2 Å². The Bertz CT molecular complexity index is 308. The van der Waals surface area contributed by atoms with Crippen molar-refractivity contribution in [2.75, 3.05) is 6.54 Å². The van der Waals surface area contributed by atoms with Crippen molar-refractivity contribution in [3.8, 4) is 0 Å². The van der Waals surface area contributed by atoms with Crippen molar-refractivity contribution < 1.29 is 0 Å². The van der Waals surface area contributed by atoms with E-state index in [0.29, 0.717) is 5.41 Å². The molecule has 2 saturated carbocycles. The highest BCUT2D eigenvalue weighted by atomic mass is 14.9. The van der Waals surface area contributed by atoms with Crippen LogP contribution in [0, 0.1) is 23.2 Å². The Labute approximate surface area is 120 Å². The third-order valence-corrected chi connectivity index (χ3v) is 5.22. The van der Waals surface area contributed by atoms with Crippen molar-refractivity contribution in [3.63, 3.8) is 0 Å². The first-order chi connectivity index (χ1) is 8.86. The molecule has 1 nitrogen and oxygen atoms in total. The summed E-state index contributed by atoms with van der Waals surface area (Å²) >= 11 is 0. The van der Waals surface area contributed by atoms with Gasteiger partial charge in [0.15, 0.2) is 0 Å². The number of rotatable bonds is 5. The fraction of sp³-hybridized carbons (Fsp3) is 0.889. The Balaban J connectivity index is 1.92. The molecule has 1 heteroatoms. The summed E-state index contributed by atoms with van der Waals surface area (Å²) in [7, 11) is 0. The van der Waals surface area contributed by atoms with Crippen molar-refractivity contribution in [2.24, 2.45) is 23.2 Å². The number of allylic oxidation sites excluding steroid dienone is 1. The van der Waals surface area contributed by atoms with Gasteiger partial charge in [0, 0.05) is 6.04 Å². The Morgan fingerprint density at radius 1 is 1.11 bits per heavy atom. The largest absolute Gasteiger partial charge is 0.314 e. The van der Waals surface area contributed by atoms with Gasteiger partial charge in [-0.15, -0.1) is 6.58 Å². The third-order valence-electron chi connectivity index (χ3n) is 5.22. The van der Waals surface area contributed by atoms with Crippen molar-refractivity contribution in [1.82, 2.24) is 5.32 Å². The normalized spacial score (nSPS) is 32.3. The zero-order chi connectivity index (χ0) is 14.0. The predicted octanol–water partition coefficient (Wildman–Crippen LogP) is 4.78. The molecule has 2 aliphatic carbocycles. The van der Waals surface area contributed by atoms with E-state index in [1.807, 2.05) is 0 Å². The van der Waals surface area contributed by atoms with Gasteiger partial charge in [0.25, 0.3) is 0 Å². The molecule has 0 amide bonds. The van der Waals surface area contributed by atoms with E-state index >= 15 is 0 Å². The predicted molar refractivity (Wildman–Crippen MR) is 84.2 cm³/mol. The lowest BCUT2D eigenvalue weighted by atomic mass is 9.64. The highest BCUT2D eigenvalue weighted by Crippen LogP contribution is 2.44.